The number of thioether (sulfide) groups is 1. The molecular weight excluding hydrogens is 354 g/mol. The molecule has 0 unspecified atom stereocenters. The van der Waals surface area contributed by atoms with Gasteiger partial charge in [-0.05, 0) is 36.5 Å². The fraction of sp³-hybridized carbons (Fsp3) is 0.316. The summed E-state index contributed by atoms with van der Waals surface area (Å²) in [4.78, 5) is 26.0. The fourth-order valence-electron chi connectivity index (χ4n) is 2.57. The molecule has 0 saturated carbocycles. The van der Waals surface area contributed by atoms with Crippen molar-refractivity contribution in [2.45, 2.75) is 33.2 Å². The van der Waals surface area contributed by atoms with Gasteiger partial charge in [-0.2, -0.15) is 0 Å². The second kappa shape index (κ2) is 8.45. The average Bonchev–Trinajstić information content (AvgIpc) is 2.79. The first-order valence-electron chi connectivity index (χ1n) is 8.02. The van der Waals surface area contributed by atoms with Crippen molar-refractivity contribution >= 4 is 46.3 Å². The summed E-state index contributed by atoms with van der Waals surface area (Å²) in [6.45, 7) is 5.76. The van der Waals surface area contributed by atoms with E-state index in [2.05, 4.69) is 0 Å². The van der Waals surface area contributed by atoms with E-state index in [-0.39, 0.29) is 11.8 Å². The lowest BCUT2D eigenvalue weighted by atomic mass is 10.0. The standard InChI is InChI=1S/C19H21NO3S2/c1-12(2)9-15(18(22)23)20-17(21)16(25-19(20)24)11-13(3)10-14-7-5-4-6-8-14/h4-8,10-12,15H,9H2,1-3H3,(H,22,23)/b13-10+,16-11-/t15-/m1/s1. The van der Waals surface area contributed by atoms with Crippen molar-refractivity contribution in [2.75, 3.05) is 0 Å². The predicted molar refractivity (Wildman–Crippen MR) is 106 cm³/mol. The van der Waals surface area contributed by atoms with Crippen molar-refractivity contribution in [1.29, 1.82) is 0 Å². The zero-order chi connectivity index (χ0) is 18.6. The lowest BCUT2D eigenvalue weighted by Gasteiger charge is -2.24. The van der Waals surface area contributed by atoms with Gasteiger partial charge in [0.2, 0.25) is 0 Å². The maximum Gasteiger partial charge on any atom is 0.326 e. The molecule has 25 heavy (non-hydrogen) atoms. The Labute approximate surface area is 157 Å². The number of amides is 1. The fourth-order valence-corrected chi connectivity index (χ4v) is 3.98. The van der Waals surface area contributed by atoms with Gasteiger partial charge in [-0.15, -0.1) is 0 Å². The molecule has 1 saturated heterocycles. The third-order valence-electron chi connectivity index (χ3n) is 3.67. The third-order valence-corrected chi connectivity index (χ3v) is 5.00. The van der Waals surface area contributed by atoms with Crippen LogP contribution in [0, 0.1) is 5.92 Å². The summed E-state index contributed by atoms with van der Waals surface area (Å²) in [5.41, 5.74) is 1.94. The van der Waals surface area contributed by atoms with Gasteiger partial charge in [-0.1, -0.05) is 74.2 Å². The normalized spacial score (nSPS) is 18.3. The number of allylic oxidation sites excluding steroid dienone is 2. The SMILES string of the molecule is CC(/C=C1\SC(=S)N([C@H](CC(C)C)C(=O)O)C1=O)=C\c1ccccc1. The Bertz CT molecular complexity index is 738. The smallest absolute Gasteiger partial charge is 0.326 e. The molecular formula is C19H21NO3S2. The number of rotatable bonds is 6. The highest BCUT2D eigenvalue weighted by atomic mass is 32.2. The first-order valence-corrected chi connectivity index (χ1v) is 9.25. The van der Waals surface area contributed by atoms with Crippen LogP contribution in [0.25, 0.3) is 6.08 Å². The highest BCUT2D eigenvalue weighted by Crippen LogP contribution is 2.34. The Morgan fingerprint density at radius 2 is 1.96 bits per heavy atom. The summed E-state index contributed by atoms with van der Waals surface area (Å²) in [5.74, 6) is -1.21. The van der Waals surface area contributed by atoms with E-state index in [9.17, 15) is 14.7 Å². The number of carbonyl (C=O) groups excluding carboxylic acids is 1. The quantitative estimate of drug-likeness (QED) is 0.592. The lowest BCUT2D eigenvalue weighted by Crippen LogP contribution is -2.44. The summed E-state index contributed by atoms with van der Waals surface area (Å²) in [6.07, 6.45) is 4.10. The predicted octanol–water partition coefficient (Wildman–Crippen LogP) is 4.33. The van der Waals surface area contributed by atoms with E-state index in [0.717, 1.165) is 22.9 Å². The zero-order valence-electron chi connectivity index (χ0n) is 14.4. The molecule has 1 aromatic carbocycles. The van der Waals surface area contributed by atoms with Crippen LogP contribution in [0.3, 0.4) is 0 Å². The van der Waals surface area contributed by atoms with Crippen molar-refractivity contribution in [3.8, 4) is 0 Å². The van der Waals surface area contributed by atoms with Crippen LogP contribution in [-0.2, 0) is 9.59 Å². The van der Waals surface area contributed by atoms with E-state index in [0.29, 0.717) is 15.6 Å². The van der Waals surface area contributed by atoms with Crippen LogP contribution in [0.1, 0.15) is 32.8 Å². The summed E-state index contributed by atoms with van der Waals surface area (Å²) < 4.78 is 0.303. The number of hydrogen-bond donors (Lipinski definition) is 1. The van der Waals surface area contributed by atoms with Gasteiger partial charge in [0, 0.05) is 0 Å². The number of thiocarbonyl (C=S) groups is 1. The number of benzene rings is 1. The van der Waals surface area contributed by atoms with Crippen LogP contribution >= 0.6 is 24.0 Å². The van der Waals surface area contributed by atoms with Crippen LogP contribution in [-0.4, -0.2) is 32.2 Å². The molecule has 1 atom stereocenters. The first kappa shape index (κ1) is 19.4. The Morgan fingerprint density at radius 1 is 1.32 bits per heavy atom. The molecule has 132 valence electrons. The summed E-state index contributed by atoms with van der Waals surface area (Å²) >= 11 is 6.43. The van der Waals surface area contributed by atoms with E-state index in [1.807, 2.05) is 57.2 Å². The van der Waals surface area contributed by atoms with Crippen molar-refractivity contribution in [3.05, 3.63) is 52.4 Å². The topological polar surface area (TPSA) is 57.6 Å². The molecule has 0 radical (unpaired) electrons. The highest BCUT2D eigenvalue weighted by Gasteiger charge is 2.40. The number of nitrogens with zero attached hydrogens (tertiary/aromatic N) is 1. The van der Waals surface area contributed by atoms with Crippen LogP contribution in [0.15, 0.2) is 46.9 Å². The molecule has 6 heteroatoms. The van der Waals surface area contributed by atoms with Crippen LogP contribution in [0.4, 0.5) is 0 Å². The number of carboxylic acid groups (broad SMARTS) is 1. The Kier molecular flexibility index (Phi) is 6.56. The minimum absolute atomic E-state index is 0.148. The molecule has 1 N–H and O–H groups in total. The Morgan fingerprint density at radius 3 is 2.52 bits per heavy atom. The van der Waals surface area contributed by atoms with E-state index in [1.54, 1.807) is 6.08 Å². The molecule has 1 heterocycles. The molecule has 4 nitrogen and oxygen atoms in total. The number of carbonyl (C=O) groups is 2. The largest absolute Gasteiger partial charge is 0.480 e. The molecule has 0 bridgehead atoms. The van der Waals surface area contributed by atoms with Gasteiger partial charge in [0.25, 0.3) is 5.91 Å². The van der Waals surface area contributed by atoms with Gasteiger partial charge in [0.05, 0.1) is 4.91 Å². The van der Waals surface area contributed by atoms with E-state index in [1.165, 1.54) is 4.90 Å². The van der Waals surface area contributed by atoms with E-state index in [4.69, 9.17) is 12.2 Å². The second-order valence-electron chi connectivity index (χ2n) is 6.33. The molecule has 1 aliphatic heterocycles. The molecule has 1 aliphatic rings. The van der Waals surface area contributed by atoms with Gasteiger partial charge in [-0.25, -0.2) is 4.79 Å². The second-order valence-corrected chi connectivity index (χ2v) is 8.01. The molecule has 1 fully saturated rings. The van der Waals surface area contributed by atoms with Crippen molar-refractivity contribution in [3.63, 3.8) is 0 Å². The zero-order valence-corrected chi connectivity index (χ0v) is 16.1. The summed E-state index contributed by atoms with van der Waals surface area (Å²) in [6, 6.07) is 8.87. The minimum atomic E-state index is -1.03. The van der Waals surface area contributed by atoms with Crippen LogP contribution in [0.2, 0.25) is 0 Å². The molecule has 0 aliphatic carbocycles. The maximum absolute atomic E-state index is 12.7. The Balaban J connectivity index is 2.25. The van der Waals surface area contributed by atoms with Crippen LogP contribution < -0.4 is 0 Å². The molecule has 0 spiro atoms. The maximum atomic E-state index is 12.7. The third kappa shape index (κ3) is 5.03. The molecule has 2 rings (SSSR count). The minimum Gasteiger partial charge on any atom is -0.480 e. The van der Waals surface area contributed by atoms with Gasteiger partial charge >= 0.3 is 5.97 Å². The van der Waals surface area contributed by atoms with Crippen molar-refractivity contribution in [2.24, 2.45) is 5.92 Å². The average molecular weight is 376 g/mol. The van der Waals surface area contributed by atoms with Gasteiger partial charge < -0.3 is 5.11 Å². The monoisotopic (exact) mass is 375 g/mol. The molecule has 0 aromatic heterocycles. The van der Waals surface area contributed by atoms with Gasteiger partial charge in [0.1, 0.15) is 10.4 Å². The van der Waals surface area contributed by atoms with Crippen molar-refractivity contribution in [1.82, 2.24) is 4.90 Å². The number of hydrogen-bond acceptors (Lipinski definition) is 4. The van der Waals surface area contributed by atoms with Gasteiger partial charge in [0.15, 0.2) is 0 Å². The number of aliphatic carboxylic acids is 1. The Hall–Kier alpha value is -1.92. The highest BCUT2D eigenvalue weighted by molar-refractivity contribution is 8.26. The first-order chi connectivity index (χ1) is 11.8. The van der Waals surface area contributed by atoms with Crippen LogP contribution in [0.5, 0.6) is 0 Å². The number of carboxylic acids is 1. The molecule has 1 amide bonds. The van der Waals surface area contributed by atoms with E-state index < -0.39 is 12.0 Å². The summed E-state index contributed by atoms with van der Waals surface area (Å²) in [7, 11) is 0. The molecule has 1 aromatic rings. The lowest BCUT2D eigenvalue weighted by molar-refractivity contribution is -0.145. The summed E-state index contributed by atoms with van der Waals surface area (Å²) in [5, 5.41) is 9.49. The van der Waals surface area contributed by atoms with Crippen molar-refractivity contribution < 1.29 is 14.7 Å². The van der Waals surface area contributed by atoms with Gasteiger partial charge in [-0.3, -0.25) is 9.69 Å². The van der Waals surface area contributed by atoms with E-state index >= 15 is 0 Å².